The van der Waals surface area contributed by atoms with Gasteiger partial charge in [-0.3, -0.25) is 4.79 Å². The van der Waals surface area contributed by atoms with Crippen molar-refractivity contribution < 1.29 is 9.53 Å². The molecule has 0 spiro atoms. The molecule has 0 aliphatic rings. The summed E-state index contributed by atoms with van der Waals surface area (Å²) in [6.07, 6.45) is 3.26. The predicted octanol–water partition coefficient (Wildman–Crippen LogP) is 0.939. The molecule has 0 amide bonds. The first-order valence-electron chi connectivity index (χ1n) is 4.17. The van der Waals surface area contributed by atoms with Crippen LogP contribution in [-0.4, -0.2) is 26.2 Å². The number of nitrogens with one attached hydrogen (secondary N) is 1. The Morgan fingerprint density at radius 3 is 2.82 bits per heavy atom. The van der Waals surface area contributed by atoms with E-state index < -0.39 is 0 Å². The van der Waals surface area contributed by atoms with Gasteiger partial charge >= 0.3 is 0 Å². The van der Waals surface area contributed by atoms with Crippen LogP contribution in [0.5, 0.6) is 0 Å². The van der Waals surface area contributed by atoms with E-state index in [0.717, 1.165) is 32.4 Å². The van der Waals surface area contributed by atoms with Crippen LogP contribution in [0.4, 0.5) is 0 Å². The van der Waals surface area contributed by atoms with Gasteiger partial charge in [-0.25, -0.2) is 0 Å². The molecule has 1 N–H and O–H groups in total. The zero-order valence-electron chi connectivity index (χ0n) is 7.14. The van der Waals surface area contributed by atoms with Gasteiger partial charge in [0.2, 0.25) is 0 Å². The number of carbonyl (C=O) groups excluding carboxylic acids is 1. The van der Waals surface area contributed by atoms with Crippen molar-refractivity contribution >= 4 is 6.47 Å². The second-order valence-corrected chi connectivity index (χ2v) is 2.38. The van der Waals surface area contributed by atoms with Crippen LogP contribution in [0, 0.1) is 0 Å². The average Bonchev–Trinajstić information content (AvgIpc) is 2.03. The summed E-state index contributed by atoms with van der Waals surface area (Å²) >= 11 is 0. The molecular weight excluding hydrogens is 142 g/mol. The molecule has 0 saturated heterocycles. The van der Waals surface area contributed by atoms with Gasteiger partial charge in [-0.05, 0) is 32.4 Å². The molecule has 66 valence electrons. The average molecular weight is 159 g/mol. The Hall–Kier alpha value is -0.570. The summed E-state index contributed by atoms with van der Waals surface area (Å²) in [5, 5.41) is 3.23. The van der Waals surface area contributed by atoms with E-state index in [1.165, 1.54) is 0 Å². The van der Waals surface area contributed by atoms with Crippen LogP contribution in [0.2, 0.25) is 0 Å². The standard InChI is InChI=1S/C8H17NO2/c1-2-9-6-4-3-5-7-11-8-10/h8-9H,2-7H2,1H3. The van der Waals surface area contributed by atoms with Gasteiger partial charge < -0.3 is 10.1 Å². The third kappa shape index (κ3) is 9.43. The molecule has 0 heterocycles. The second-order valence-electron chi connectivity index (χ2n) is 2.38. The number of hydrogen-bond acceptors (Lipinski definition) is 3. The predicted molar refractivity (Wildman–Crippen MR) is 44.4 cm³/mol. The van der Waals surface area contributed by atoms with Crippen molar-refractivity contribution in [2.24, 2.45) is 0 Å². The molecule has 0 rings (SSSR count). The Morgan fingerprint density at radius 1 is 1.36 bits per heavy atom. The molecule has 0 unspecified atom stereocenters. The van der Waals surface area contributed by atoms with E-state index in [2.05, 4.69) is 17.0 Å². The third-order valence-corrected chi connectivity index (χ3v) is 1.43. The number of hydrogen-bond donors (Lipinski definition) is 1. The summed E-state index contributed by atoms with van der Waals surface area (Å²) in [6.45, 7) is 5.26. The molecule has 0 saturated carbocycles. The monoisotopic (exact) mass is 159 g/mol. The molecule has 0 aliphatic heterocycles. The van der Waals surface area contributed by atoms with Crippen LogP contribution in [-0.2, 0) is 9.53 Å². The maximum Gasteiger partial charge on any atom is 0.293 e. The van der Waals surface area contributed by atoms with Crippen LogP contribution in [0.1, 0.15) is 26.2 Å². The Labute approximate surface area is 68.1 Å². The van der Waals surface area contributed by atoms with Crippen LogP contribution < -0.4 is 5.32 Å². The minimum atomic E-state index is 0.504. The van der Waals surface area contributed by atoms with Crippen molar-refractivity contribution in [3.8, 4) is 0 Å². The van der Waals surface area contributed by atoms with Crippen molar-refractivity contribution in [2.75, 3.05) is 19.7 Å². The topological polar surface area (TPSA) is 38.3 Å². The lowest BCUT2D eigenvalue weighted by atomic mass is 10.2. The van der Waals surface area contributed by atoms with Crippen molar-refractivity contribution in [2.45, 2.75) is 26.2 Å². The quantitative estimate of drug-likeness (QED) is 0.423. The number of unbranched alkanes of at least 4 members (excludes halogenated alkanes) is 2. The number of carbonyl (C=O) groups is 1. The zero-order valence-corrected chi connectivity index (χ0v) is 7.14. The third-order valence-electron chi connectivity index (χ3n) is 1.43. The van der Waals surface area contributed by atoms with Crippen molar-refractivity contribution in [1.29, 1.82) is 0 Å². The van der Waals surface area contributed by atoms with Crippen molar-refractivity contribution in [3.63, 3.8) is 0 Å². The minimum Gasteiger partial charge on any atom is -0.468 e. The molecule has 0 atom stereocenters. The lowest BCUT2D eigenvalue weighted by Crippen LogP contribution is -2.13. The smallest absolute Gasteiger partial charge is 0.293 e. The summed E-state index contributed by atoms with van der Waals surface area (Å²) < 4.78 is 4.54. The normalized spacial score (nSPS) is 9.55. The fraction of sp³-hybridized carbons (Fsp3) is 0.875. The largest absolute Gasteiger partial charge is 0.468 e. The summed E-state index contributed by atoms with van der Waals surface area (Å²) in [5.74, 6) is 0. The number of ether oxygens (including phenoxy) is 1. The Kier molecular flexibility index (Phi) is 8.94. The Morgan fingerprint density at radius 2 is 2.18 bits per heavy atom. The Balaban J connectivity index is 2.74. The molecule has 0 aromatic carbocycles. The molecule has 0 fully saturated rings. The van der Waals surface area contributed by atoms with Gasteiger partial charge in [-0.1, -0.05) is 6.92 Å². The summed E-state index contributed by atoms with van der Waals surface area (Å²) in [5.41, 5.74) is 0. The van der Waals surface area contributed by atoms with E-state index in [1.807, 2.05) is 0 Å². The first kappa shape index (κ1) is 10.4. The molecule has 0 bridgehead atoms. The highest BCUT2D eigenvalue weighted by atomic mass is 16.5. The van der Waals surface area contributed by atoms with Gasteiger partial charge in [0.15, 0.2) is 0 Å². The second kappa shape index (κ2) is 9.43. The molecule has 0 aliphatic carbocycles. The lowest BCUT2D eigenvalue weighted by Gasteiger charge is -2.00. The zero-order chi connectivity index (χ0) is 8.36. The van der Waals surface area contributed by atoms with Gasteiger partial charge in [0.1, 0.15) is 0 Å². The molecule has 11 heavy (non-hydrogen) atoms. The Bertz CT molecular complexity index is 86.2. The van der Waals surface area contributed by atoms with Crippen LogP contribution >= 0.6 is 0 Å². The van der Waals surface area contributed by atoms with Gasteiger partial charge in [-0.2, -0.15) is 0 Å². The maximum atomic E-state index is 9.71. The van der Waals surface area contributed by atoms with E-state index in [-0.39, 0.29) is 0 Å². The first-order chi connectivity index (χ1) is 5.41. The van der Waals surface area contributed by atoms with Gasteiger partial charge in [-0.15, -0.1) is 0 Å². The van der Waals surface area contributed by atoms with Crippen molar-refractivity contribution in [3.05, 3.63) is 0 Å². The molecular formula is C8H17NO2. The highest BCUT2D eigenvalue weighted by Gasteiger charge is 1.88. The van der Waals surface area contributed by atoms with Gasteiger partial charge in [0.25, 0.3) is 6.47 Å². The molecule has 3 nitrogen and oxygen atoms in total. The lowest BCUT2D eigenvalue weighted by molar-refractivity contribution is -0.128. The van der Waals surface area contributed by atoms with E-state index >= 15 is 0 Å². The SMILES string of the molecule is CCNCCCCCOC=O. The van der Waals surface area contributed by atoms with Gasteiger partial charge in [0.05, 0.1) is 6.61 Å². The van der Waals surface area contributed by atoms with Crippen molar-refractivity contribution in [1.82, 2.24) is 5.32 Å². The molecule has 0 radical (unpaired) electrons. The molecule has 0 aromatic rings. The fourth-order valence-corrected chi connectivity index (χ4v) is 0.837. The van der Waals surface area contributed by atoms with Crippen LogP contribution in [0.15, 0.2) is 0 Å². The fourth-order valence-electron chi connectivity index (χ4n) is 0.837. The van der Waals surface area contributed by atoms with Crippen LogP contribution in [0.25, 0.3) is 0 Å². The van der Waals surface area contributed by atoms with Crippen LogP contribution in [0.3, 0.4) is 0 Å². The highest BCUT2D eigenvalue weighted by Crippen LogP contribution is 1.93. The maximum absolute atomic E-state index is 9.71. The minimum absolute atomic E-state index is 0.504. The van der Waals surface area contributed by atoms with E-state index in [9.17, 15) is 4.79 Å². The summed E-state index contributed by atoms with van der Waals surface area (Å²) in [4.78, 5) is 9.71. The highest BCUT2D eigenvalue weighted by molar-refractivity contribution is 5.36. The molecule has 3 heteroatoms. The summed E-state index contributed by atoms with van der Waals surface area (Å²) in [6, 6.07) is 0. The van der Waals surface area contributed by atoms with E-state index in [0.29, 0.717) is 13.1 Å². The first-order valence-corrected chi connectivity index (χ1v) is 4.17. The molecule has 0 aromatic heterocycles. The van der Waals surface area contributed by atoms with Gasteiger partial charge in [0, 0.05) is 0 Å². The van der Waals surface area contributed by atoms with E-state index in [1.54, 1.807) is 0 Å². The van der Waals surface area contributed by atoms with E-state index in [4.69, 9.17) is 0 Å². The number of rotatable bonds is 8. The summed E-state index contributed by atoms with van der Waals surface area (Å²) in [7, 11) is 0.